The average Bonchev–Trinajstić information content (AvgIpc) is 2.87. The molecule has 1 aromatic heterocycles. The maximum absolute atomic E-state index is 5.54. The van der Waals surface area contributed by atoms with Gasteiger partial charge in [0.15, 0.2) is 0 Å². The van der Waals surface area contributed by atoms with E-state index in [0.29, 0.717) is 6.54 Å². The average molecular weight is 208 g/mol. The largest absolute Gasteiger partial charge is 0.468 e. The van der Waals surface area contributed by atoms with Gasteiger partial charge in [0, 0.05) is 18.2 Å². The van der Waals surface area contributed by atoms with Gasteiger partial charge in [-0.1, -0.05) is 12.8 Å². The SMILES string of the molecule is CN(Cc1cc(CN)co1)C1CCCC1. The molecule has 0 spiro atoms. The molecule has 1 heterocycles. The summed E-state index contributed by atoms with van der Waals surface area (Å²) in [6.45, 7) is 1.47. The van der Waals surface area contributed by atoms with Crippen LogP contribution in [0.25, 0.3) is 0 Å². The third kappa shape index (κ3) is 2.61. The second kappa shape index (κ2) is 4.81. The lowest BCUT2D eigenvalue weighted by Gasteiger charge is -2.22. The standard InChI is InChI=1S/C12H20N2O/c1-14(11-4-2-3-5-11)8-12-6-10(7-13)9-15-12/h6,9,11H,2-5,7-8,13H2,1H3. The zero-order chi connectivity index (χ0) is 10.7. The first-order chi connectivity index (χ1) is 7.29. The quantitative estimate of drug-likeness (QED) is 0.824. The van der Waals surface area contributed by atoms with Gasteiger partial charge in [-0.05, 0) is 26.0 Å². The van der Waals surface area contributed by atoms with Crippen molar-refractivity contribution in [1.29, 1.82) is 0 Å². The molecule has 0 amide bonds. The van der Waals surface area contributed by atoms with Gasteiger partial charge < -0.3 is 10.2 Å². The summed E-state index contributed by atoms with van der Waals surface area (Å²) in [5, 5.41) is 0. The highest BCUT2D eigenvalue weighted by Gasteiger charge is 2.20. The highest BCUT2D eigenvalue weighted by Crippen LogP contribution is 2.23. The van der Waals surface area contributed by atoms with Gasteiger partial charge in [-0.2, -0.15) is 0 Å². The van der Waals surface area contributed by atoms with Crippen molar-refractivity contribution in [3.63, 3.8) is 0 Å². The summed E-state index contributed by atoms with van der Waals surface area (Å²) < 4.78 is 5.46. The lowest BCUT2D eigenvalue weighted by atomic mass is 10.2. The van der Waals surface area contributed by atoms with Crippen LogP contribution in [0.4, 0.5) is 0 Å². The summed E-state index contributed by atoms with van der Waals surface area (Å²) in [7, 11) is 2.18. The van der Waals surface area contributed by atoms with Gasteiger partial charge >= 0.3 is 0 Å². The molecule has 1 saturated carbocycles. The Balaban J connectivity index is 1.89. The molecule has 1 aliphatic carbocycles. The van der Waals surface area contributed by atoms with E-state index < -0.39 is 0 Å². The Morgan fingerprint density at radius 1 is 1.47 bits per heavy atom. The van der Waals surface area contributed by atoms with Gasteiger partial charge in [0.05, 0.1) is 12.8 Å². The Kier molecular flexibility index (Phi) is 3.44. The zero-order valence-corrected chi connectivity index (χ0v) is 9.41. The molecule has 1 aliphatic rings. The number of hydrogen-bond acceptors (Lipinski definition) is 3. The summed E-state index contributed by atoms with van der Waals surface area (Å²) in [5.74, 6) is 1.03. The first kappa shape index (κ1) is 10.7. The van der Waals surface area contributed by atoms with Gasteiger partial charge in [-0.25, -0.2) is 0 Å². The smallest absolute Gasteiger partial charge is 0.118 e. The van der Waals surface area contributed by atoms with Crippen LogP contribution >= 0.6 is 0 Å². The second-order valence-electron chi connectivity index (χ2n) is 4.48. The minimum atomic E-state index is 0.566. The number of nitrogens with zero attached hydrogens (tertiary/aromatic N) is 1. The highest BCUT2D eigenvalue weighted by molar-refractivity contribution is 5.12. The van der Waals surface area contributed by atoms with Crippen molar-refractivity contribution in [1.82, 2.24) is 4.90 Å². The number of nitrogens with two attached hydrogens (primary N) is 1. The van der Waals surface area contributed by atoms with E-state index in [1.165, 1.54) is 25.7 Å². The van der Waals surface area contributed by atoms with E-state index in [1.54, 1.807) is 6.26 Å². The molecule has 1 fully saturated rings. The van der Waals surface area contributed by atoms with Crippen molar-refractivity contribution in [2.45, 2.75) is 44.8 Å². The monoisotopic (exact) mass is 208 g/mol. The van der Waals surface area contributed by atoms with Crippen LogP contribution < -0.4 is 5.73 Å². The molecular weight excluding hydrogens is 188 g/mol. The van der Waals surface area contributed by atoms with Gasteiger partial charge in [0.1, 0.15) is 5.76 Å². The van der Waals surface area contributed by atoms with E-state index in [1.807, 2.05) is 0 Å². The minimum Gasteiger partial charge on any atom is -0.468 e. The van der Waals surface area contributed by atoms with Crippen LogP contribution in [0.1, 0.15) is 37.0 Å². The molecule has 0 radical (unpaired) electrons. The molecule has 2 rings (SSSR count). The van der Waals surface area contributed by atoms with Crippen LogP contribution in [0.15, 0.2) is 16.7 Å². The normalized spacial score (nSPS) is 17.8. The Morgan fingerprint density at radius 2 is 2.20 bits per heavy atom. The summed E-state index contributed by atoms with van der Waals surface area (Å²) >= 11 is 0. The van der Waals surface area contributed by atoms with Crippen LogP contribution in [0, 0.1) is 0 Å². The van der Waals surface area contributed by atoms with Crippen molar-refractivity contribution in [2.75, 3.05) is 7.05 Å². The zero-order valence-electron chi connectivity index (χ0n) is 9.41. The van der Waals surface area contributed by atoms with Crippen LogP contribution in [-0.2, 0) is 13.1 Å². The molecular formula is C12H20N2O. The predicted molar refractivity (Wildman–Crippen MR) is 60.3 cm³/mol. The highest BCUT2D eigenvalue weighted by atomic mass is 16.3. The molecule has 2 N–H and O–H groups in total. The second-order valence-corrected chi connectivity index (χ2v) is 4.48. The Labute approximate surface area is 91.2 Å². The van der Waals surface area contributed by atoms with E-state index in [0.717, 1.165) is 23.9 Å². The van der Waals surface area contributed by atoms with Crippen molar-refractivity contribution in [3.8, 4) is 0 Å². The van der Waals surface area contributed by atoms with Crippen LogP contribution in [0.2, 0.25) is 0 Å². The predicted octanol–water partition coefficient (Wildman–Crippen LogP) is 2.11. The fraction of sp³-hybridized carbons (Fsp3) is 0.667. The summed E-state index contributed by atoms with van der Waals surface area (Å²) in [6.07, 6.45) is 7.18. The van der Waals surface area contributed by atoms with E-state index in [2.05, 4.69) is 18.0 Å². The van der Waals surface area contributed by atoms with Crippen LogP contribution in [-0.4, -0.2) is 18.0 Å². The first-order valence-corrected chi connectivity index (χ1v) is 5.76. The number of furan rings is 1. The van der Waals surface area contributed by atoms with Crippen LogP contribution in [0.5, 0.6) is 0 Å². The van der Waals surface area contributed by atoms with Gasteiger partial charge in [-0.15, -0.1) is 0 Å². The molecule has 0 aliphatic heterocycles. The van der Waals surface area contributed by atoms with Crippen LogP contribution in [0.3, 0.4) is 0 Å². The van der Waals surface area contributed by atoms with E-state index in [9.17, 15) is 0 Å². The summed E-state index contributed by atoms with van der Waals surface area (Å²) in [5.41, 5.74) is 6.63. The van der Waals surface area contributed by atoms with Gasteiger partial charge in [0.2, 0.25) is 0 Å². The summed E-state index contributed by atoms with van der Waals surface area (Å²) in [4.78, 5) is 2.39. The molecule has 0 saturated heterocycles. The van der Waals surface area contributed by atoms with E-state index in [4.69, 9.17) is 10.2 Å². The molecule has 0 unspecified atom stereocenters. The van der Waals surface area contributed by atoms with Crippen molar-refractivity contribution in [2.24, 2.45) is 5.73 Å². The van der Waals surface area contributed by atoms with E-state index in [-0.39, 0.29) is 0 Å². The molecule has 15 heavy (non-hydrogen) atoms. The minimum absolute atomic E-state index is 0.566. The molecule has 0 bridgehead atoms. The topological polar surface area (TPSA) is 42.4 Å². The fourth-order valence-electron chi connectivity index (χ4n) is 2.34. The lowest BCUT2D eigenvalue weighted by molar-refractivity contribution is 0.219. The molecule has 0 aromatic carbocycles. The maximum Gasteiger partial charge on any atom is 0.118 e. The third-order valence-electron chi connectivity index (χ3n) is 3.30. The molecule has 1 aromatic rings. The fourth-order valence-corrected chi connectivity index (χ4v) is 2.34. The molecule has 3 heteroatoms. The van der Waals surface area contributed by atoms with Crippen molar-refractivity contribution < 1.29 is 4.42 Å². The van der Waals surface area contributed by atoms with Gasteiger partial charge in [-0.3, -0.25) is 4.90 Å². The Morgan fingerprint density at radius 3 is 2.80 bits per heavy atom. The van der Waals surface area contributed by atoms with Crippen molar-refractivity contribution >= 4 is 0 Å². The molecule has 3 nitrogen and oxygen atoms in total. The molecule has 84 valence electrons. The number of hydrogen-bond donors (Lipinski definition) is 1. The number of rotatable bonds is 4. The summed E-state index contributed by atoms with van der Waals surface area (Å²) in [6, 6.07) is 2.81. The molecule has 0 atom stereocenters. The lowest BCUT2D eigenvalue weighted by Crippen LogP contribution is -2.28. The van der Waals surface area contributed by atoms with Gasteiger partial charge in [0.25, 0.3) is 0 Å². The Hall–Kier alpha value is -0.800. The maximum atomic E-state index is 5.54. The Bertz CT molecular complexity index is 302. The first-order valence-electron chi connectivity index (χ1n) is 5.76. The van der Waals surface area contributed by atoms with E-state index >= 15 is 0 Å². The third-order valence-corrected chi connectivity index (χ3v) is 3.30. The van der Waals surface area contributed by atoms with Crippen molar-refractivity contribution in [3.05, 3.63) is 23.7 Å².